The third kappa shape index (κ3) is 14.6. The van der Waals surface area contributed by atoms with Crippen molar-refractivity contribution in [1.29, 1.82) is 0 Å². The normalized spacial score (nSPS) is 12.3. The second-order valence-corrected chi connectivity index (χ2v) is 14.0. The fourth-order valence-corrected chi connectivity index (χ4v) is 3.91. The highest BCUT2D eigenvalue weighted by Crippen LogP contribution is 2.36. The van der Waals surface area contributed by atoms with Gasteiger partial charge in [0.1, 0.15) is 0 Å². The molecule has 0 aromatic rings. The molecule has 0 radical (unpaired) electrons. The van der Waals surface area contributed by atoms with Gasteiger partial charge in [0.2, 0.25) is 0 Å². The molecule has 0 aliphatic heterocycles. The zero-order chi connectivity index (χ0) is 19.0. The second-order valence-electron chi connectivity index (χ2n) is 9.16. The third-order valence-corrected chi connectivity index (χ3v) is 10.3. The molecule has 148 valence electrons. The summed E-state index contributed by atoms with van der Waals surface area (Å²) in [6, 6.07) is 0. The van der Waals surface area contributed by atoms with Crippen molar-refractivity contribution >= 4 is 8.32 Å². The van der Waals surface area contributed by atoms with E-state index < -0.39 is 8.32 Å². The van der Waals surface area contributed by atoms with Crippen molar-refractivity contribution in [3.8, 4) is 12.3 Å². The molecule has 0 aliphatic rings. The molecule has 0 aromatic heterocycles. The van der Waals surface area contributed by atoms with Crippen molar-refractivity contribution in [2.75, 3.05) is 6.61 Å². The minimum absolute atomic E-state index is 0.342. The van der Waals surface area contributed by atoms with E-state index in [1.807, 2.05) is 0 Å². The standard InChI is InChI=1S/C23H46OSi/c1-7-8-9-10-11-12-13-14-15-16-17-18-19-20-21-22-24-25(5,6)23(2,3)4/h1H,8-22H2,2-6H3. The predicted octanol–water partition coefficient (Wildman–Crippen LogP) is 8.10. The van der Waals surface area contributed by atoms with Crippen molar-refractivity contribution in [2.45, 2.75) is 129 Å². The number of rotatable bonds is 16. The fraction of sp³-hybridized carbons (Fsp3) is 0.913. The molecule has 0 bridgehead atoms. The molecule has 0 amide bonds. The van der Waals surface area contributed by atoms with Gasteiger partial charge >= 0.3 is 0 Å². The Morgan fingerprint density at radius 1 is 0.680 bits per heavy atom. The molecule has 0 spiro atoms. The summed E-state index contributed by atoms with van der Waals surface area (Å²) in [7, 11) is -1.52. The van der Waals surface area contributed by atoms with Gasteiger partial charge in [0, 0.05) is 13.0 Å². The molecule has 0 heterocycles. The van der Waals surface area contributed by atoms with Crippen LogP contribution in [0.25, 0.3) is 0 Å². The van der Waals surface area contributed by atoms with Gasteiger partial charge in [-0.15, -0.1) is 12.3 Å². The lowest BCUT2D eigenvalue weighted by molar-refractivity contribution is 0.277. The second kappa shape index (κ2) is 14.9. The molecule has 0 saturated heterocycles. The van der Waals surface area contributed by atoms with E-state index in [-0.39, 0.29) is 0 Å². The van der Waals surface area contributed by atoms with Crippen molar-refractivity contribution in [3.05, 3.63) is 0 Å². The van der Waals surface area contributed by atoms with Crippen LogP contribution in [0.5, 0.6) is 0 Å². The largest absolute Gasteiger partial charge is 0.417 e. The van der Waals surface area contributed by atoms with Crippen LogP contribution in [0.2, 0.25) is 18.1 Å². The first-order valence-electron chi connectivity index (χ1n) is 10.9. The smallest absolute Gasteiger partial charge is 0.191 e. The maximum atomic E-state index is 6.24. The van der Waals surface area contributed by atoms with Gasteiger partial charge in [-0.1, -0.05) is 91.4 Å². The number of unbranched alkanes of at least 4 members (excludes halogenated alkanes) is 13. The van der Waals surface area contributed by atoms with Crippen LogP contribution in [-0.2, 0) is 4.43 Å². The Hall–Kier alpha value is -0.263. The summed E-state index contributed by atoms with van der Waals surface area (Å²) in [6.45, 7) is 12.6. The van der Waals surface area contributed by atoms with Gasteiger partial charge < -0.3 is 4.43 Å². The van der Waals surface area contributed by atoms with Crippen LogP contribution < -0.4 is 0 Å². The van der Waals surface area contributed by atoms with Crippen LogP contribution in [0.3, 0.4) is 0 Å². The highest BCUT2D eigenvalue weighted by Gasteiger charge is 2.36. The van der Waals surface area contributed by atoms with Gasteiger partial charge in [-0.25, -0.2) is 0 Å². The van der Waals surface area contributed by atoms with E-state index in [2.05, 4.69) is 39.8 Å². The zero-order valence-corrected chi connectivity index (χ0v) is 19.1. The van der Waals surface area contributed by atoms with Crippen molar-refractivity contribution in [1.82, 2.24) is 0 Å². The molecule has 0 N–H and O–H groups in total. The molecular formula is C23H46OSi. The van der Waals surface area contributed by atoms with Crippen molar-refractivity contribution in [2.24, 2.45) is 0 Å². The first-order chi connectivity index (χ1) is 11.8. The Morgan fingerprint density at radius 2 is 1.04 bits per heavy atom. The molecule has 2 heteroatoms. The Labute approximate surface area is 160 Å². The minimum Gasteiger partial charge on any atom is -0.417 e. The van der Waals surface area contributed by atoms with Crippen molar-refractivity contribution in [3.63, 3.8) is 0 Å². The van der Waals surface area contributed by atoms with Crippen LogP contribution in [-0.4, -0.2) is 14.9 Å². The lowest BCUT2D eigenvalue weighted by atomic mass is 10.0. The predicted molar refractivity (Wildman–Crippen MR) is 117 cm³/mol. The van der Waals surface area contributed by atoms with Gasteiger partial charge in [0.15, 0.2) is 8.32 Å². The topological polar surface area (TPSA) is 9.23 Å². The summed E-state index contributed by atoms with van der Waals surface area (Å²) in [5.41, 5.74) is 0. The number of hydrogen-bond donors (Lipinski definition) is 0. The molecule has 0 atom stereocenters. The number of hydrogen-bond acceptors (Lipinski definition) is 1. The molecule has 0 unspecified atom stereocenters. The summed E-state index contributed by atoms with van der Waals surface area (Å²) in [5.74, 6) is 2.72. The number of terminal acetylenes is 1. The maximum Gasteiger partial charge on any atom is 0.191 e. The monoisotopic (exact) mass is 366 g/mol. The molecule has 1 nitrogen and oxygen atoms in total. The molecular weight excluding hydrogens is 320 g/mol. The average Bonchev–Trinajstić information content (AvgIpc) is 2.53. The lowest BCUT2D eigenvalue weighted by Gasteiger charge is -2.36. The summed E-state index contributed by atoms with van der Waals surface area (Å²) in [6.07, 6.45) is 24.0. The van der Waals surface area contributed by atoms with Gasteiger partial charge in [0.05, 0.1) is 0 Å². The average molecular weight is 367 g/mol. The summed E-state index contributed by atoms with van der Waals surface area (Å²) < 4.78 is 6.24. The Morgan fingerprint density at radius 3 is 1.40 bits per heavy atom. The van der Waals surface area contributed by atoms with Gasteiger partial charge in [-0.05, 0) is 31.0 Å². The van der Waals surface area contributed by atoms with Crippen LogP contribution in [0.15, 0.2) is 0 Å². The van der Waals surface area contributed by atoms with Crippen LogP contribution in [0.4, 0.5) is 0 Å². The molecule has 0 fully saturated rings. The van der Waals surface area contributed by atoms with Crippen LogP contribution >= 0.6 is 0 Å². The Kier molecular flexibility index (Phi) is 14.7. The minimum atomic E-state index is -1.52. The van der Waals surface area contributed by atoms with E-state index in [4.69, 9.17) is 10.8 Å². The molecule has 25 heavy (non-hydrogen) atoms. The zero-order valence-electron chi connectivity index (χ0n) is 18.1. The quantitative estimate of drug-likeness (QED) is 0.152. The van der Waals surface area contributed by atoms with Gasteiger partial charge in [-0.3, -0.25) is 0 Å². The fourth-order valence-electron chi connectivity index (χ4n) is 2.82. The van der Waals surface area contributed by atoms with E-state index in [1.165, 1.54) is 83.5 Å². The Bertz CT molecular complexity index is 335. The summed E-state index contributed by atoms with van der Waals surface area (Å²) in [5, 5.41) is 0.342. The highest BCUT2D eigenvalue weighted by atomic mass is 28.4. The van der Waals surface area contributed by atoms with E-state index in [9.17, 15) is 0 Å². The van der Waals surface area contributed by atoms with Crippen LogP contribution in [0.1, 0.15) is 111 Å². The summed E-state index contributed by atoms with van der Waals surface area (Å²) in [4.78, 5) is 0. The van der Waals surface area contributed by atoms with E-state index >= 15 is 0 Å². The van der Waals surface area contributed by atoms with E-state index in [0.29, 0.717) is 5.04 Å². The van der Waals surface area contributed by atoms with Crippen LogP contribution in [0, 0.1) is 12.3 Å². The lowest BCUT2D eigenvalue weighted by Crippen LogP contribution is -2.40. The van der Waals surface area contributed by atoms with Crippen molar-refractivity contribution < 1.29 is 4.43 Å². The van der Waals surface area contributed by atoms with E-state index in [1.54, 1.807) is 0 Å². The SMILES string of the molecule is C#CCCCCCCCCCCCCCCCO[Si](C)(C)C(C)(C)C. The molecule has 0 saturated carbocycles. The molecule has 0 rings (SSSR count). The molecule has 0 aliphatic carbocycles. The van der Waals surface area contributed by atoms with Gasteiger partial charge in [-0.2, -0.15) is 0 Å². The molecule has 0 aromatic carbocycles. The van der Waals surface area contributed by atoms with Gasteiger partial charge in [0.25, 0.3) is 0 Å². The first kappa shape index (κ1) is 24.7. The highest BCUT2D eigenvalue weighted by molar-refractivity contribution is 6.74. The Balaban J connectivity index is 3.24. The maximum absolute atomic E-state index is 6.24. The first-order valence-corrected chi connectivity index (χ1v) is 13.8. The third-order valence-electron chi connectivity index (χ3n) is 5.73. The summed E-state index contributed by atoms with van der Waals surface area (Å²) >= 11 is 0. The van der Waals surface area contributed by atoms with E-state index in [0.717, 1.165) is 13.0 Å².